The zero-order valence-corrected chi connectivity index (χ0v) is 11.8. The Bertz CT molecular complexity index is 360. The van der Waals surface area contributed by atoms with Crippen LogP contribution in [0.15, 0.2) is 36.9 Å². The molecule has 0 aromatic heterocycles. The molecule has 1 rings (SSSR count). The van der Waals surface area contributed by atoms with E-state index < -0.39 is 0 Å². The Hall–Kier alpha value is -1.44. The maximum Gasteiger partial charge on any atom is 0.142 e. The Balaban J connectivity index is 2.60. The van der Waals surface area contributed by atoms with Gasteiger partial charge in [-0.15, -0.1) is 6.58 Å². The first-order valence-corrected chi connectivity index (χ1v) is 6.72. The van der Waals surface area contributed by atoms with E-state index in [0.29, 0.717) is 12.0 Å². The lowest BCUT2D eigenvalue weighted by Gasteiger charge is -2.18. The van der Waals surface area contributed by atoms with Gasteiger partial charge in [-0.1, -0.05) is 32.1 Å². The molecule has 0 fully saturated rings. The van der Waals surface area contributed by atoms with Gasteiger partial charge in [0.15, 0.2) is 0 Å². The minimum atomic E-state index is 0.423. The summed E-state index contributed by atoms with van der Waals surface area (Å²) in [5.74, 6) is 1.48. The predicted octanol–water partition coefficient (Wildman–Crippen LogP) is 4.49. The third-order valence-corrected chi connectivity index (χ3v) is 2.66. The quantitative estimate of drug-likeness (QED) is 0.683. The maximum atomic E-state index is 5.82. The van der Waals surface area contributed by atoms with E-state index in [4.69, 9.17) is 4.74 Å². The molecule has 0 spiro atoms. The van der Waals surface area contributed by atoms with E-state index in [-0.39, 0.29) is 0 Å². The Kier molecular flexibility index (Phi) is 6.34. The molecule has 2 nitrogen and oxygen atoms in total. The molecule has 0 bridgehead atoms. The second kappa shape index (κ2) is 7.80. The van der Waals surface area contributed by atoms with Crippen molar-refractivity contribution in [2.45, 2.75) is 39.7 Å². The summed E-state index contributed by atoms with van der Waals surface area (Å²) in [6, 6.07) is 8.55. The summed E-state index contributed by atoms with van der Waals surface area (Å²) in [4.78, 5) is 0. The molecule has 2 heteroatoms. The Morgan fingerprint density at radius 2 is 2.00 bits per heavy atom. The van der Waals surface area contributed by atoms with Gasteiger partial charge in [-0.25, -0.2) is 0 Å². The fourth-order valence-electron chi connectivity index (χ4n) is 1.67. The van der Waals surface area contributed by atoms with Crippen molar-refractivity contribution < 1.29 is 4.74 Å². The first-order chi connectivity index (χ1) is 8.63. The van der Waals surface area contributed by atoms with Gasteiger partial charge in [0.2, 0.25) is 0 Å². The summed E-state index contributed by atoms with van der Waals surface area (Å²) in [6.07, 6.45) is 4.07. The van der Waals surface area contributed by atoms with Crippen LogP contribution in [0, 0.1) is 5.92 Å². The summed E-state index contributed by atoms with van der Waals surface area (Å²) in [6.45, 7) is 11.0. The zero-order valence-electron chi connectivity index (χ0n) is 11.8. The molecule has 1 aromatic carbocycles. The van der Waals surface area contributed by atoms with Crippen LogP contribution in [0.25, 0.3) is 0 Å². The number of rotatable bonds is 8. The molecule has 0 radical (unpaired) electrons. The minimum Gasteiger partial charge on any atom is -0.491 e. The van der Waals surface area contributed by atoms with Crippen LogP contribution < -0.4 is 10.1 Å². The molecule has 1 unspecified atom stereocenters. The number of allylic oxidation sites excluding steroid dienone is 1. The van der Waals surface area contributed by atoms with E-state index in [9.17, 15) is 0 Å². The number of anilines is 1. The standard InChI is InChI=1S/C16H25NO/c1-5-6-9-14(4)17-15-10-7-8-11-16(15)18-12-13(2)3/h5,7-8,10-11,13-14,17H,1,6,9,12H2,2-4H3. The lowest BCUT2D eigenvalue weighted by atomic mass is 10.1. The number of benzene rings is 1. The molecule has 1 N–H and O–H groups in total. The molecule has 0 amide bonds. The van der Waals surface area contributed by atoms with Crippen LogP contribution in [-0.2, 0) is 0 Å². The van der Waals surface area contributed by atoms with Gasteiger partial charge in [-0.3, -0.25) is 0 Å². The largest absolute Gasteiger partial charge is 0.491 e. The average molecular weight is 247 g/mol. The number of hydrogen-bond donors (Lipinski definition) is 1. The molecule has 1 atom stereocenters. The summed E-state index contributed by atoms with van der Waals surface area (Å²) in [5, 5.41) is 3.50. The first kappa shape index (κ1) is 14.6. The van der Waals surface area contributed by atoms with Crippen molar-refractivity contribution in [2.75, 3.05) is 11.9 Å². The van der Waals surface area contributed by atoms with E-state index in [1.54, 1.807) is 0 Å². The normalized spacial score (nSPS) is 12.2. The SMILES string of the molecule is C=CCCC(C)Nc1ccccc1OCC(C)C. The fraction of sp³-hybridized carbons (Fsp3) is 0.500. The highest BCUT2D eigenvalue weighted by Crippen LogP contribution is 2.25. The highest BCUT2D eigenvalue weighted by atomic mass is 16.5. The second-order valence-corrected chi connectivity index (χ2v) is 5.11. The monoisotopic (exact) mass is 247 g/mol. The lowest BCUT2D eigenvalue weighted by molar-refractivity contribution is 0.272. The first-order valence-electron chi connectivity index (χ1n) is 6.72. The molecule has 1 aromatic rings. The van der Waals surface area contributed by atoms with Gasteiger partial charge in [0.1, 0.15) is 5.75 Å². The predicted molar refractivity (Wildman–Crippen MR) is 79.3 cm³/mol. The molecule has 0 aliphatic heterocycles. The molecular weight excluding hydrogens is 222 g/mol. The second-order valence-electron chi connectivity index (χ2n) is 5.11. The van der Waals surface area contributed by atoms with Gasteiger partial charge >= 0.3 is 0 Å². The van der Waals surface area contributed by atoms with Crippen molar-refractivity contribution in [2.24, 2.45) is 5.92 Å². The third-order valence-electron chi connectivity index (χ3n) is 2.66. The summed E-state index contributed by atoms with van der Waals surface area (Å²) in [5.41, 5.74) is 1.08. The Morgan fingerprint density at radius 3 is 2.67 bits per heavy atom. The van der Waals surface area contributed by atoms with Gasteiger partial charge in [-0.2, -0.15) is 0 Å². The Morgan fingerprint density at radius 1 is 1.28 bits per heavy atom. The number of ether oxygens (including phenoxy) is 1. The number of nitrogens with one attached hydrogen (secondary N) is 1. The van der Waals surface area contributed by atoms with E-state index in [0.717, 1.165) is 30.9 Å². The molecular formula is C16H25NO. The Labute approximate surface area is 111 Å². The van der Waals surface area contributed by atoms with Crippen LogP contribution in [0.1, 0.15) is 33.6 Å². The maximum absolute atomic E-state index is 5.82. The van der Waals surface area contributed by atoms with Crippen molar-refractivity contribution in [1.82, 2.24) is 0 Å². The van der Waals surface area contributed by atoms with E-state index in [1.807, 2.05) is 24.3 Å². The molecule has 0 saturated carbocycles. The molecule has 18 heavy (non-hydrogen) atoms. The summed E-state index contributed by atoms with van der Waals surface area (Å²) in [7, 11) is 0. The van der Waals surface area contributed by atoms with Crippen LogP contribution in [0.3, 0.4) is 0 Å². The molecule has 100 valence electrons. The van der Waals surface area contributed by atoms with Crippen molar-refractivity contribution in [3.63, 3.8) is 0 Å². The number of hydrogen-bond acceptors (Lipinski definition) is 2. The van der Waals surface area contributed by atoms with Gasteiger partial charge in [0.05, 0.1) is 12.3 Å². The van der Waals surface area contributed by atoms with Crippen molar-refractivity contribution in [3.8, 4) is 5.75 Å². The van der Waals surface area contributed by atoms with Gasteiger partial charge in [0.25, 0.3) is 0 Å². The highest BCUT2D eigenvalue weighted by molar-refractivity contribution is 5.56. The fourth-order valence-corrected chi connectivity index (χ4v) is 1.67. The zero-order chi connectivity index (χ0) is 13.4. The van der Waals surface area contributed by atoms with Gasteiger partial charge in [-0.05, 0) is 37.8 Å². The number of para-hydroxylation sites is 2. The highest BCUT2D eigenvalue weighted by Gasteiger charge is 2.07. The van der Waals surface area contributed by atoms with E-state index in [2.05, 4.69) is 38.7 Å². The average Bonchev–Trinajstić information content (AvgIpc) is 2.35. The lowest BCUT2D eigenvalue weighted by Crippen LogP contribution is -2.16. The summed E-state index contributed by atoms with van der Waals surface area (Å²) < 4.78 is 5.82. The molecule has 0 heterocycles. The van der Waals surface area contributed by atoms with Crippen molar-refractivity contribution >= 4 is 5.69 Å². The minimum absolute atomic E-state index is 0.423. The molecule has 0 aliphatic carbocycles. The van der Waals surface area contributed by atoms with Crippen LogP contribution in [0.4, 0.5) is 5.69 Å². The van der Waals surface area contributed by atoms with Gasteiger partial charge < -0.3 is 10.1 Å². The van der Waals surface area contributed by atoms with Crippen LogP contribution >= 0.6 is 0 Å². The smallest absolute Gasteiger partial charge is 0.142 e. The van der Waals surface area contributed by atoms with Crippen LogP contribution in [0.2, 0.25) is 0 Å². The van der Waals surface area contributed by atoms with Crippen LogP contribution in [-0.4, -0.2) is 12.6 Å². The van der Waals surface area contributed by atoms with Gasteiger partial charge in [0, 0.05) is 6.04 Å². The van der Waals surface area contributed by atoms with E-state index in [1.165, 1.54) is 0 Å². The van der Waals surface area contributed by atoms with E-state index >= 15 is 0 Å². The van der Waals surface area contributed by atoms with Crippen LogP contribution in [0.5, 0.6) is 5.75 Å². The van der Waals surface area contributed by atoms with Crippen molar-refractivity contribution in [3.05, 3.63) is 36.9 Å². The molecule has 0 aliphatic rings. The topological polar surface area (TPSA) is 21.3 Å². The van der Waals surface area contributed by atoms with Crippen molar-refractivity contribution in [1.29, 1.82) is 0 Å². The third kappa shape index (κ3) is 5.26. The summed E-state index contributed by atoms with van der Waals surface area (Å²) >= 11 is 0. The molecule has 0 saturated heterocycles.